The highest BCUT2D eigenvalue weighted by Crippen LogP contribution is 2.37. The van der Waals surface area contributed by atoms with Crippen LogP contribution < -0.4 is 5.32 Å². The number of aromatic nitrogens is 3. The second-order valence-corrected chi connectivity index (χ2v) is 6.32. The summed E-state index contributed by atoms with van der Waals surface area (Å²) in [4.78, 5) is 25.8. The van der Waals surface area contributed by atoms with Crippen LogP contribution >= 0.6 is 0 Å². The van der Waals surface area contributed by atoms with Gasteiger partial charge in [-0.2, -0.15) is 0 Å². The number of hydrogen-bond donors (Lipinski definition) is 2. The van der Waals surface area contributed by atoms with Gasteiger partial charge in [0.25, 0.3) is 5.91 Å². The highest BCUT2D eigenvalue weighted by molar-refractivity contribution is 6.04. The number of benzene rings is 1. The fourth-order valence-electron chi connectivity index (χ4n) is 3.29. The molecule has 6 nitrogen and oxygen atoms in total. The summed E-state index contributed by atoms with van der Waals surface area (Å²) in [6.07, 6.45) is 5.94. The molecule has 2 N–H and O–H groups in total. The van der Waals surface area contributed by atoms with Gasteiger partial charge in [0.1, 0.15) is 5.52 Å². The molecule has 2 heterocycles. The van der Waals surface area contributed by atoms with Gasteiger partial charge in [0, 0.05) is 18.6 Å². The average Bonchev–Trinajstić information content (AvgIpc) is 2.64. The van der Waals surface area contributed by atoms with Crippen molar-refractivity contribution >= 4 is 16.9 Å². The average molecular weight is 334 g/mol. The molecule has 4 rings (SSSR count). The van der Waals surface area contributed by atoms with E-state index < -0.39 is 0 Å². The van der Waals surface area contributed by atoms with Gasteiger partial charge in [-0.15, -0.1) is 0 Å². The number of amides is 1. The Kier molecular flexibility index (Phi) is 4.11. The number of rotatable bonds is 4. The molecule has 6 heteroatoms. The van der Waals surface area contributed by atoms with E-state index in [1.54, 1.807) is 30.7 Å². The number of para-hydroxylation sites is 1. The van der Waals surface area contributed by atoms with E-state index in [1.807, 2.05) is 24.3 Å². The minimum absolute atomic E-state index is 0.176. The normalized spacial score (nSPS) is 20.7. The Hall–Kier alpha value is -2.86. The lowest BCUT2D eigenvalue weighted by atomic mass is 9.76. The molecule has 126 valence electrons. The first-order valence-corrected chi connectivity index (χ1v) is 8.32. The fourth-order valence-corrected chi connectivity index (χ4v) is 3.29. The molecule has 1 fully saturated rings. The minimum atomic E-state index is -0.295. The van der Waals surface area contributed by atoms with Crippen LogP contribution in [0.3, 0.4) is 0 Å². The maximum atomic E-state index is 12.9. The Labute approximate surface area is 145 Å². The summed E-state index contributed by atoms with van der Waals surface area (Å²) in [5, 5.41) is 12.7. The van der Waals surface area contributed by atoms with Crippen molar-refractivity contribution in [3.05, 3.63) is 66.2 Å². The fraction of sp³-hybridized carbons (Fsp3) is 0.263. The number of nitrogens with one attached hydrogen (secondary N) is 1. The lowest BCUT2D eigenvalue weighted by Crippen LogP contribution is -2.41. The molecule has 25 heavy (non-hydrogen) atoms. The monoisotopic (exact) mass is 334 g/mol. The van der Waals surface area contributed by atoms with E-state index in [1.165, 1.54) is 0 Å². The maximum absolute atomic E-state index is 12.9. The van der Waals surface area contributed by atoms with Gasteiger partial charge in [0.05, 0.1) is 28.9 Å². The number of carbonyl (C=O) groups excluding carboxylic acids is 1. The molecule has 3 aromatic rings. The standard InChI is InChI=1S/C19H18N4O2/c24-13-10-12(11-13)17(15-5-1-2-7-20-15)23-19(25)14-4-3-6-16-18(14)22-9-8-21-16/h1-9,12-13,17,24H,10-11H2,(H,23,25)/t12?,13?,17-/m1/s1. The number of pyridine rings is 1. The SMILES string of the molecule is O=C(N[C@@H](c1ccccn1)C1CC(O)C1)c1cccc2nccnc12. The van der Waals surface area contributed by atoms with Crippen LogP contribution in [0.15, 0.2) is 55.0 Å². The molecule has 1 aromatic carbocycles. The first-order chi connectivity index (χ1) is 12.2. The molecule has 0 spiro atoms. The van der Waals surface area contributed by atoms with Crippen LogP contribution in [0.4, 0.5) is 0 Å². The van der Waals surface area contributed by atoms with Gasteiger partial charge in [-0.1, -0.05) is 12.1 Å². The third kappa shape index (κ3) is 3.08. The van der Waals surface area contributed by atoms with Crippen LogP contribution in [0.25, 0.3) is 11.0 Å². The van der Waals surface area contributed by atoms with Gasteiger partial charge in [0.2, 0.25) is 0 Å². The number of carbonyl (C=O) groups is 1. The Balaban J connectivity index is 1.64. The van der Waals surface area contributed by atoms with E-state index in [0.29, 0.717) is 29.4 Å². The zero-order valence-electron chi connectivity index (χ0n) is 13.5. The second-order valence-electron chi connectivity index (χ2n) is 6.32. The molecule has 0 saturated heterocycles. The molecule has 1 amide bonds. The van der Waals surface area contributed by atoms with Crippen LogP contribution in [0.5, 0.6) is 0 Å². The molecular formula is C19H18N4O2. The quantitative estimate of drug-likeness (QED) is 0.764. The number of aliphatic hydroxyl groups is 1. The third-order valence-corrected chi connectivity index (χ3v) is 4.66. The van der Waals surface area contributed by atoms with Crippen molar-refractivity contribution < 1.29 is 9.90 Å². The zero-order chi connectivity index (χ0) is 17.2. The third-order valence-electron chi connectivity index (χ3n) is 4.66. The molecule has 1 atom stereocenters. The predicted molar refractivity (Wildman–Crippen MR) is 92.7 cm³/mol. The molecule has 0 bridgehead atoms. The smallest absolute Gasteiger partial charge is 0.254 e. The number of nitrogens with zero attached hydrogens (tertiary/aromatic N) is 3. The number of fused-ring (bicyclic) bond motifs is 1. The molecular weight excluding hydrogens is 316 g/mol. The van der Waals surface area contributed by atoms with Crippen LogP contribution in [-0.2, 0) is 0 Å². The summed E-state index contributed by atoms with van der Waals surface area (Å²) in [6.45, 7) is 0. The molecule has 1 saturated carbocycles. The van der Waals surface area contributed by atoms with Crippen LogP contribution in [0.1, 0.15) is 34.9 Å². The van der Waals surface area contributed by atoms with Crippen LogP contribution in [-0.4, -0.2) is 32.1 Å². The summed E-state index contributed by atoms with van der Waals surface area (Å²) < 4.78 is 0. The Morgan fingerprint density at radius 3 is 2.64 bits per heavy atom. The molecule has 0 aliphatic heterocycles. The van der Waals surface area contributed by atoms with E-state index in [-0.39, 0.29) is 24.0 Å². The largest absolute Gasteiger partial charge is 0.393 e. The molecule has 2 aromatic heterocycles. The second kappa shape index (κ2) is 6.57. The highest BCUT2D eigenvalue weighted by Gasteiger charge is 2.36. The van der Waals surface area contributed by atoms with E-state index in [2.05, 4.69) is 20.3 Å². The van der Waals surface area contributed by atoms with Gasteiger partial charge < -0.3 is 10.4 Å². The number of hydrogen-bond acceptors (Lipinski definition) is 5. The molecule has 0 radical (unpaired) electrons. The van der Waals surface area contributed by atoms with Crippen molar-refractivity contribution in [2.75, 3.05) is 0 Å². The van der Waals surface area contributed by atoms with Gasteiger partial charge in [-0.3, -0.25) is 19.7 Å². The van der Waals surface area contributed by atoms with Crippen molar-refractivity contribution in [2.24, 2.45) is 5.92 Å². The summed E-state index contributed by atoms with van der Waals surface area (Å²) in [5.41, 5.74) is 2.56. The Morgan fingerprint density at radius 2 is 1.88 bits per heavy atom. The first-order valence-electron chi connectivity index (χ1n) is 8.32. The summed E-state index contributed by atoms with van der Waals surface area (Å²) in [5.74, 6) is -0.0296. The minimum Gasteiger partial charge on any atom is -0.393 e. The van der Waals surface area contributed by atoms with Crippen molar-refractivity contribution in [1.82, 2.24) is 20.3 Å². The lowest BCUT2D eigenvalue weighted by Gasteiger charge is -2.37. The molecule has 1 aliphatic carbocycles. The number of aliphatic hydroxyl groups excluding tert-OH is 1. The van der Waals surface area contributed by atoms with E-state index >= 15 is 0 Å². The van der Waals surface area contributed by atoms with Crippen molar-refractivity contribution in [3.63, 3.8) is 0 Å². The highest BCUT2D eigenvalue weighted by atomic mass is 16.3. The topological polar surface area (TPSA) is 88.0 Å². The summed E-state index contributed by atoms with van der Waals surface area (Å²) in [6, 6.07) is 10.8. The van der Waals surface area contributed by atoms with Gasteiger partial charge in [0.15, 0.2) is 0 Å². The van der Waals surface area contributed by atoms with Gasteiger partial charge in [-0.25, -0.2) is 0 Å². The van der Waals surface area contributed by atoms with Crippen LogP contribution in [0, 0.1) is 5.92 Å². The maximum Gasteiger partial charge on any atom is 0.254 e. The summed E-state index contributed by atoms with van der Waals surface area (Å²) >= 11 is 0. The molecule has 1 aliphatic rings. The Bertz CT molecular complexity index is 889. The summed E-state index contributed by atoms with van der Waals surface area (Å²) in [7, 11) is 0. The lowest BCUT2D eigenvalue weighted by molar-refractivity contribution is 0.0228. The molecule has 0 unspecified atom stereocenters. The first kappa shape index (κ1) is 15.7. The van der Waals surface area contributed by atoms with Crippen molar-refractivity contribution in [3.8, 4) is 0 Å². The predicted octanol–water partition coefficient (Wildman–Crippen LogP) is 2.27. The van der Waals surface area contributed by atoms with E-state index in [9.17, 15) is 9.90 Å². The van der Waals surface area contributed by atoms with Crippen molar-refractivity contribution in [2.45, 2.75) is 25.0 Å². The Morgan fingerprint density at radius 1 is 1.04 bits per heavy atom. The van der Waals surface area contributed by atoms with E-state index in [4.69, 9.17) is 0 Å². The zero-order valence-corrected chi connectivity index (χ0v) is 13.5. The van der Waals surface area contributed by atoms with Crippen molar-refractivity contribution in [1.29, 1.82) is 0 Å². The van der Waals surface area contributed by atoms with Gasteiger partial charge in [-0.05, 0) is 43.0 Å². The van der Waals surface area contributed by atoms with Crippen LogP contribution in [0.2, 0.25) is 0 Å². The van der Waals surface area contributed by atoms with Gasteiger partial charge >= 0.3 is 0 Å². The van der Waals surface area contributed by atoms with E-state index in [0.717, 1.165) is 5.69 Å².